The van der Waals surface area contributed by atoms with Crippen molar-refractivity contribution in [2.45, 2.75) is 11.3 Å². The molecule has 4 nitrogen and oxygen atoms in total. The molecule has 2 amide bonds. The lowest BCUT2D eigenvalue weighted by Gasteiger charge is -2.06. The molecule has 0 aliphatic heterocycles. The molecule has 0 spiro atoms. The fraction of sp³-hybridized carbons (Fsp3) is 0.125. The van der Waals surface area contributed by atoms with E-state index in [9.17, 15) is 14.0 Å². The van der Waals surface area contributed by atoms with E-state index >= 15 is 0 Å². The summed E-state index contributed by atoms with van der Waals surface area (Å²) >= 11 is 1.28. The Morgan fingerprint density at radius 3 is 2.64 bits per heavy atom. The van der Waals surface area contributed by atoms with Gasteiger partial charge in [0.1, 0.15) is 5.82 Å². The summed E-state index contributed by atoms with van der Waals surface area (Å²) in [5.74, 6) is -0.582. The summed E-state index contributed by atoms with van der Waals surface area (Å²) in [5, 5.41) is 2.68. The number of benzene rings is 2. The molecule has 6 heteroatoms. The minimum absolute atomic E-state index is 0.203. The average Bonchev–Trinajstić information content (AvgIpc) is 2.49. The molecule has 0 aliphatic carbocycles. The molecule has 0 heterocycles. The third-order valence-electron chi connectivity index (χ3n) is 2.85. The van der Waals surface area contributed by atoms with Crippen molar-refractivity contribution in [3.63, 3.8) is 0 Å². The zero-order valence-corrected chi connectivity index (χ0v) is 12.5. The molecule has 22 heavy (non-hydrogen) atoms. The summed E-state index contributed by atoms with van der Waals surface area (Å²) in [4.78, 5) is 23.4. The highest BCUT2D eigenvalue weighted by atomic mass is 32.2. The van der Waals surface area contributed by atoms with Gasteiger partial charge in [0.25, 0.3) is 0 Å². The number of nitrogens with two attached hydrogens (primary N) is 1. The van der Waals surface area contributed by atoms with E-state index in [4.69, 9.17) is 5.73 Å². The number of carbonyl (C=O) groups excluding carboxylic acids is 2. The molecule has 2 aromatic carbocycles. The van der Waals surface area contributed by atoms with Crippen LogP contribution in [0.1, 0.15) is 16.8 Å². The molecule has 0 unspecified atom stereocenters. The molecule has 0 aromatic heterocycles. The van der Waals surface area contributed by atoms with Crippen LogP contribution in [0.5, 0.6) is 0 Å². The monoisotopic (exact) mass is 318 g/mol. The topological polar surface area (TPSA) is 72.2 Å². The maximum absolute atomic E-state index is 13.4. The molecule has 0 saturated carbocycles. The predicted molar refractivity (Wildman–Crippen MR) is 85.3 cm³/mol. The summed E-state index contributed by atoms with van der Waals surface area (Å²) in [6.07, 6.45) is 0.236. The lowest BCUT2D eigenvalue weighted by atomic mass is 10.2. The van der Waals surface area contributed by atoms with Gasteiger partial charge in [0, 0.05) is 28.3 Å². The van der Waals surface area contributed by atoms with Crippen LogP contribution in [0, 0.1) is 5.82 Å². The van der Waals surface area contributed by atoms with Crippen LogP contribution in [0.3, 0.4) is 0 Å². The number of anilines is 1. The standard InChI is InChI=1S/C16H15FN2O2S/c17-13-6-1-2-7-14(13)22-9-8-15(20)19-12-5-3-4-11(10-12)16(18)21/h1-7,10H,8-9H2,(H2,18,21)(H,19,20). The van der Waals surface area contributed by atoms with Crippen molar-refractivity contribution in [2.75, 3.05) is 11.1 Å². The first-order valence-corrected chi connectivity index (χ1v) is 7.62. The first kappa shape index (κ1) is 16.0. The molecule has 3 N–H and O–H groups in total. The van der Waals surface area contributed by atoms with Gasteiger partial charge in [-0.3, -0.25) is 9.59 Å². The lowest BCUT2D eigenvalue weighted by Crippen LogP contribution is -2.14. The van der Waals surface area contributed by atoms with Crippen molar-refractivity contribution < 1.29 is 14.0 Å². The van der Waals surface area contributed by atoms with Gasteiger partial charge >= 0.3 is 0 Å². The van der Waals surface area contributed by atoms with E-state index in [1.807, 2.05) is 0 Å². The molecule has 0 radical (unpaired) electrons. The molecule has 0 aliphatic rings. The fourth-order valence-corrected chi connectivity index (χ4v) is 2.68. The van der Waals surface area contributed by atoms with Crippen LogP contribution >= 0.6 is 11.8 Å². The third kappa shape index (κ3) is 4.60. The Kier molecular flexibility index (Phi) is 5.55. The van der Waals surface area contributed by atoms with Gasteiger partial charge in [-0.15, -0.1) is 11.8 Å². The Balaban J connectivity index is 1.84. The van der Waals surface area contributed by atoms with Crippen molar-refractivity contribution >= 4 is 29.3 Å². The maximum Gasteiger partial charge on any atom is 0.248 e. The number of primary amides is 1. The number of hydrogen-bond acceptors (Lipinski definition) is 3. The van der Waals surface area contributed by atoms with Crippen LogP contribution in [0.4, 0.5) is 10.1 Å². The summed E-state index contributed by atoms with van der Waals surface area (Å²) in [6.45, 7) is 0. The van der Waals surface area contributed by atoms with Crippen LogP contribution in [-0.4, -0.2) is 17.6 Å². The van der Waals surface area contributed by atoms with Gasteiger partial charge in [0.05, 0.1) is 0 Å². The van der Waals surface area contributed by atoms with Crippen molar-refractivity contribution in [2.24, 2.45) is 5.73 Å². The molecule has 2 aromatic rings. The van der Waals surface area contributed by atoms with Crippen LogP contribution in [-0.2, 0) is 4.79 Å². The minimum Gasteiger partial charge on any atom is -0.366 e. The summed E-state index contributed by atoms with van der Waals surface area (Å²) < 4.78 is 13.4. The number of carbonyl (C=O) groups is 2. The van der Waals surface area contributed by atoms with Crippen LogP contribution in [0.25, 0.3) is 0 Å². The van der Waals surface area contributed by atoms with Gasteiger partial charge in [0.2, 0.25) is 11.8 Å². The van der Waals surface area contributed by atoms with Gasteiger partial charge < -0.3 is 11.1 Å². The number of hydrogen-bond donors (Lipinski definition) is 2. The van der Waals surface area contributed by atoms with Gasteiger partial charge in [-0.1, -0.05) is 18.2 Å². The first-order chi connectivity index (χ1) is 10.6. The molecule has 0 saturated heterocycles. The van der Waals surface area contributed by atoms with E-state index in [-0.39, 0.29) is 18.1 Å². The van der Waals surface area contributed by atoms with E-state index in [0.29, 0.717) is 21.9 Å². The van der Waals surface area contributed by atoms with Gasteiger partial charge in [0.15, 0.2) is 0 Å². The molecular formula is C16H15FN2O2S. The summed E-state index contributed by atoms with van der Waals surface area (Å²) in [7, 11) is 0. The first-order valence-electron chi connectivity index (χ1n) is 6.63. The van der Waals surface area contributed by atoms with Crippen LogP contribution in [0.15, 0.2) is 53.4 Å². The van der Waals surface area contributed by atoms with Crippen molar-refractivity contribution in [1.82, 2.24) is 0 Å². The maximum atomic E-state index is 13.4. The highest BCUT2D eigenvalue weighted by Crippen LogP contribution is 2.22. The number of amides is 2. The van der Waals surface area contributed by atoms with E-state index in [1.54, 1.807) is 36.4 Å². The van der Waals surface area contributed by atoms with Crippen molar-refractivity contribution in [3.05, 3.63) is 59.9 Å². The second-order valence-corrected chi connectivity index (χ2v) is 5.66. The van der Waals surface area contributed by atoms with Gasteiger partial charge in [-0.2, -0.15) is 0 Å². The van der Waals surface area contributed by atoms with Crippen LogP contribution < -0.4 is 11.1 Å². The Morgan fingerprint density at radius 1 is 1.14 bits per heavy atom. The zero-order valence-electron chi connectivity index (χ0n) is 11.7. The number of nitrogens with one attached hydrogen (secondary N) is 1. The van der Waals surface area contributed by atoms with E-state index < -0.39 is 5.91 Å². The molecule has 0 fully saturated rings. The molecule has 114 valence electrons. The lowest BCUT2D eigenvalue weighted by molar-refractivity contribution is -0.115. The smallest absolute Gasteiger partial charge is 0.248 e. The predicted octanol–water partition coefficient (Wildman–Crippen LogP) is 3.05. The van der Waals surface area contributed by atoms with Crippen molar-refractivity contribution in [3.8, 4) is 0 Å². The Labute approximate surface area is 131 Å². The van der Waals surface area contributed by atoms with Crippen molar-refractivity contribution in [1.29, 1.82) is 0 Å². The molecule has 0 atom stereocenters. The Hall–Kier alpha value is -2.34. The number of thioether (sulfide) groups is 1. The second-order valence-electron chi connectivity index (χ2n) is 4.52. The Morgan fingerprint density at radius 2 is 1.91 bits per heavy atom. The third-order valence-corrected chi connectivity index (χ3v) is 3.90. The highest BCUT2D eigenvalue weighted by molar-refractivity contribution is 7.99. The molecule has 2 rings (SSSR count). The average molecular weight is 318 g/mol. The van der Waals surface area contributed by atoms with Gasteiger partial charge in [-0.05, 0) is 30.3 Å². The van der Waals surface area contributed by atoms with Crippen LogP contribution in [0.2, 0.25) is 0 Å². The summed E-state index contributed by atoms with van der Waals surface area (Å²) in [6, 6.07) is 12.8. The normalized spacial score (nSPS) is 10.2. The minimum atomic E-state index is -0.550. The fourth-order valence-electron chi connectivity index (χ4n) is 1.79. The molecular weight excluding hydrogens is 303 g/mol. The summed E-state index contributed by atoms with van der Waals surface area (Å²) in [5.41, 5.74) is 6.02. The van der Waals surface area contributed by atoms with E-state index in [1.165, 1.54) is 23.9 Å². The molecule has 0 bridgehead atoms. The SMILES string of the molecule is NC(=O)c1cccc(NC(=O)CCSc2ccccc2F)c1. The largest absolute Gasteiger partial charge is 0.366 e. The van der Waals surface area contributed by atoms with E-state index in [2.05, 4.69) is 5.32 Å². The highest BCUT2D eigenvalue weighted by Gasteiger charge is 2.07. The quantitative estimate of drug-likeness (QED) is 0.804. The number of halogens is 1. The van der Waals surface area contributed by atoms with E-state index in [0.717, 1.165) is 0 Å². The second kappa shape index (κ2) is 7.61. The number of rotatable bonds is 6. The van der Waals surface area contributed by atoms with Gasteiger partial charge in [-0.25, -0.2) is 4.39 Å². The zero-order chi connectivity index (χ0) is 15.9. The Bertz CT molecular complexity index is 691.